The summed E-state index contributed by atoms with van der Waals surface area (Å²) in [5.41, 5.74) is 0.376. The van der Waals surface area contributed by atoms with E-state index in [1.807, 2.05) is 0 Å². The van der Waals surface area contributed by atoms with Gasteiger partial charge in [-0.3, -0.25) is 0 Å². The molecule has 0 aromatic heterocycles. The average Bonchev–Trinajstić information content (AvgIpc) is 2.08. The van der Waals surface area contributed by atoms with Crippen molar-refractivity contribution in [1.82, 2.24) is 0 Å². The molecule has 1 aromatic carbocycles. The van der Waals surface area contributed by atoms with Crippen LogP contribution in [0.25, 0.3) is 0 Å². The molecule has 0 bridgehead atoms. The number of rotatable bonds is 4. The van der Waals surface area contributed by atoms with E-state index in [-0.39, 0.29) is 58.0 Å². The second-order valence-electron chi connectivity index (χ2n) is 2.93. The Labute approximate surface area is 144 Å². The maximum absolute atomic E-state index is 11.8. The smallest absolute Gasteiger partial charge is 0.447 e. The van der Waals surface area contributed by atoms with Crippen LogP contribution in [0.3, 0.4) is 0 Å². The molecule has 0 fully saturated rings. The maximum Gasteiger partial charge on any atom is 1.00 e. The van der Waals surface area contributed by atoms with Gasteiger partial charge in [-0.15, -0.1) is 0 Å². The first-order valence-electron chi connectivity index (χ1n) is 4.12. The number of ether oxygens (including phenoxy) is 1. The van der Waals surface area contributed by atoms with Crippen molar-refractivity contribution < 1.29 is 69.1 Å². The molecule has 0 aliphatic heterocycles. The molecule has 84 valence electrons. The van der Waals surface area contributed by atoms with E-state index < -0.39 is 13.5 Å². The number of halogens is 5. The van der Waals surface area contributed by atoms with Crippen LogP contribution in [0.5, 0.6) is 0 Å². The van der Waals surface area contributed by atoms with Crippen LogP contribution in [0.2, 0.25) is 10.0 Å². The first-order chi connectivity index (χ1) is 6.90. The molecule has 0 amide bonds. The van der Waals surface area contributed by atoms with E-state index in [4.69, 9.17) is 23.2 Å². The molecular weight excluding hydrogens is 290 g/mol. The van der Waals surface area contributed by atoms with Crippen LogP contribution in [0.1, 0.15) is 5.56 Å². The fourth-order valence-corrected chi connectivity index (χ4v) is 1.47. The molecule has 0 saturated carbocycles. The summed E-state index contributed by atoms with van der Waals surface area (Å²) in [5, 5.41) is 0.606. The van der Waals surface area contributed by atoms with Gasteiger partial charge in [0.05, 0.1) is 6.61 Å². The van der Waals surface area contributed by atoms with Crippen molar-refractivity contribution in [3.63, 3.8) is 0 Å². The van der Waals surface area contributed by atoms with Crippen LogP contribution < -0.4 is 51.4 Å². The molecule has 0 saturated heterocycles. The van der Waals surface area contributed by atoms with E-state index in [1.165, 1.54) is 0 Å². The summed E-state index contributed by atoms with van der Waals surface area (Å²) in [5.74, 6) is 0. The summed E-state index contributed by atoms with van der Waals surface area (Å²) in [6.07, 6.45) is 0. The Morgan fingerprint density at radius 2 is 1.62 bits per heavy atom. The molecule has 16 heavy (non-hydrogen) atoms. The van der Waals surface area contributed by atoms with E-state index in [1.54, 1.807) is 18.2 Å². The zero-order chi connectivity index (χ0) is 11.5. The standard InChI is InChI=1S/C8H7BCl2F3O.K/c10-7-2-1-3-8(11)6(7)4-15-5-9(12,13)14;/h1-3H,4-5H2;/q-1;+1. The summed E-state index contributed by atoms with van der Waals surface area (Å²) in [7, 11) is 0. The number of hydrogen-bond acceptors (Lipinski definition) is 1. The SMILES string of the molecule is F[B-](F)(F)COCc1c(Cl)cccc1Cl.[K+]. The van der Waals surface area contributed by atoms with Crippen LogP contribution in [0.15, 0.2) is 18.2 Å². The van der Waals surface area contributed by atoms with Gasteiger partial charge in [0.25, 0.3) is 0 Å². The molecule has 0 heterocycles. The van der Waals surface area contributed by atoms with E-state index in [0.29, 0.717) is 15.6 Å². The average molecular weight is 297 g/mol. The molecule has 0 atom stereocenters. The molecule has 0 aliphatic carbocycles. The fraction of sp³-hybridized carbons (Fsp3) is 0.250. The second-order valence-corrected chi connectivity index (χ2v) is 3.74. The Hall–Kier alpha value is 1.25. The molecular formula is C8H7BCl2F3KO. The van der Waals surface area contributed by atoms with Gasteiger partial charge in [0, 0.05) is 22.1 Å². The first kappa shape index (κ1) is 17.3. The molecule has 0 N–H and O–H groups in total. The van der Waals surface area contributed by atoms with Gasteiger partial charge in [-0.25, -0.2) is 0 Å². The molecule has 0 aliphatic rings. The quantitative estimate of drug-likeness (QED) is 0.750. The molecule has 0 spiro atoms. The monoisotopic (exact) mass is 296 g/mol. The maximum atomic E-state index is 11.8. The molecule has 1 nitrogen and oxygen atoms in total. The van der Waals surface area contributed by atoms with Crippen molar-refractivity contribution in [3.05, 3.63) is 33.8 Å². The predicted octanol–water partition coefficient (Wildman–Crippen LogP) is 0.901. The third-order valence-electron chi connectivity index (χ3n) is 1.61. The van der Waals surface area contributed by atoms with Gasteiger partial charge < -0.3 is 17.7 Å². The van der Waals surface area contributed by atoms with Gasteiger partial charge in [0.2, 0.25) is 0 Å². The molecule has 1 rings (SSSR count). The van der Waals surface area contributed by atoms with Gasteiger partial charge in [0.1, 0.15) is 0 Å². The van der Waals surface area contributed by atoms with Crippen LogP contribution >= 0.6 is 23.2 Å². The van der Waals surface area contributed by atoms with Gasteiger partial charge in [-0.2, -0.15) is 0 Å². The van der Waals surface area contributed by atoms with Gasteiger partial charge in [-0.05, 0) is 12.1 Å². The number of hydrogen-bond donors (Lipinski definition) is 0. The van der Waals surface area contributed by atoms with E-state index in [2.05, 4.69) is 4.74 Å². The molecule has 0 unspecified atom stereocenters. The van der Waals surface area contributed by atoms with Crippen LogP contribution in [-0.4, -0.2) is 13.5 Å². The summed E-state index contributed by atoms with van der Waals surface area (Å²) in [6, 6.07) is 4.71. The minimum Gasteiger partial charge on any atom is -0.447 e. The Kier molecular flexibility index (Phi) is 8.23. The van der Waals surface area contributed by atoms with Crippen LogP contribution in [0, 0.1) is 0 Å². The Bertz CT molecular complexity index is 328. The largest absolute Gasteiger partial charge is 1.00 e. The zero-order valence-corrected chi connectivity index (χ0v) is 13.2. The van der Waals surface area contributed by atoms with Crippen LogP contribution in [0.4, 0.5) is 12.9 Å². The summed E-state index contributed by atoms with van der Waals surface area (Å²) < 4.78 is 40.0. The van der Waals surface area contributed by atoms with Crippen molar-refractivity contribution >= 4 is 30.2 Å². The second kappa shape index (κ2) is 7.63. The minimum atomic E-state index is -4.93. The Morgan fingerprint density at radius 1 is 1.12 bits per heavy atom. The Balaban J connectivity index is 0.00000225. The van der Waals surface area contributed by atoms with E-state index in [9.17, 15) is 12.9 Å². The third-order valence-corrected chi connectivity index (χ3v) is 2.32. The first-order valence-corrected chi connectivity index (χ1v) is 4.87. The van der Waals surface area contributed by atoms with Crippen molar-refractivity contribution in [3.8, 4) is 0 Å². The zero-order valence-electron chi connectivity index (χ0n) is 8.52. The van der Waals surface area contributed by atoms with Gasteiger partial charge in [-0.1, -0.05) is 29.3 Å². The summed E-state index contributed by atoms with van der Waals surface area (Å²) in [6.45, 7) is -6.42. The molecule has 0 radical (unpaired) electrons. The van der Waals surface area contributed by atoms with E-state index in [0.717, 1.165) is 0 Å². The number of benzene rings is 1. The summed E-state index contributed by atoms with van der Waals surface area (Å²) in [4.78, 5) is 0. The van der Waals surface area contributed by atoms with Gasteiger partial charge >= 0.3 is 58.4 Å². The van der Waals surface area contributed by atoms with E-state index >= 15 is 0 Å². The third kappa shape index (κ3) is 6.26. The van der Waals surface area contributed by atoms with Crippen molar-refractivity contribution in [2.24, 2.45) is 0 Å². The Morgan fingerprint density at radius 3 is 2.06 bits per heavy atom. The molecule has 1 aromatic rings. The minimum absolute atomic E-state index is 0. The predicted molar refractivity (Wildman–Crippen MR) is 55.2 cm³/mol. The normalized spacial score (nSPS) is 11.1. The van der Waals surface area contributed by atoms with Crippen LogP contribution in [-0.2, 0) is 11.3 Å². The van der Waals surface area contributed by atoms with Gasteiger partial charge in [0.15, 0.2) is 0 Å². The summed E-state index contributed by atoms with van der Waals surface area (Å²) >= 11 is 11.5. The fourth-order valence-electron chi connectivity index (χ4n) is 0.965. The van der Waals surface area contributed by atoms with Crippen molar-refractivity contribution in [1.29, 1.82) is 0 Å². The topological polar surface area (TPSA) is 9.23 Å². The van der Waals surface area contributed by atoms with Crippen molar-refractivity contribution in [2.45, 2.75) is 6.61 Å². The molecule has 8 heteroatoms. The van der Waals surface area contributed by atoms with Crippen molar-refractivity contribution in [2.75, 3.05) is 6.51 Å².